The van der Waals surface area contributed by atoms with Gasteiger partial charge in [-0.3, -0.25) is 9.59 Å². The summed E-state index contributed by atoms with van der Waals surface area (Å²) in [5.41, 5.74) is 9.74. The first kappa shape index (κ1) is 20.0. The number of hydrazone groups is 2. The SMILES string of the molecule is CC1=NNC(=O)/C1=C\c1ccc(OCC(=O)N/N=C(\C)c2ccc(C)cc2)cc1. The van der Waals surface area contributed by atoms with Crippen LogP contribution in [0.25, 0.3) is 6.08 Å². The fraction of sp³-hybridized carbons (Fsp3) is 0.182. The van der Waals surface area contributed by atoms with Crippen LogP contribution in [0.3, 0.4) is 0 Å². The summed E-state index contributed by atoms with van der Waals surface area (Å²) in [5.74, 6) is -0.0269. The highest BCUT2D eigenvalue weighted by Crippen LogP contribution is 2.16. The zero-order valence-electron chi connectivity index (χ0n) is 16.5. The summed E-state index contributed by atoms with van der Waals surface area (Å²) in [6.45, 7) is 5.46. The van der Waals surface area contributed by atoms with Gasteiger partial charge in [0.25, 0.3) is 11.8 Å². The van der Waals surface area contributed by atoms with Gasteiger partial charge in [0.1, 0.15) is 5.75 Å². The number of carbonyl (C=O) groups is 2. The highest BCUT2D eigenvalue weighted by molar-refractivity contribution is 6.26. The van der Waals surface area contributed by atoms with Gasteiger partial charge >= 0.3 is 0 Å². The zero-order valence-corrected chi connectivity index (χ0v) is 16.5. The molecule has 2 amide bonds. The molecule has 1 aliphatic rings. The van der Waals surface area contributed by atoms with Gasteiger partial charge in [-0.1, -0.05) is 42.0 Å². The van der Waals surface area contributed by atoms with Crippen molar-refractivity contribution in [1.29, 1.82) is 0 Å². The third kappa shape index (κ3) is 5.38. The fourth-order valence-corrected chi connectivity index (χ4v) is 2.60. The number of hydrogen-bond acceptors (Lipinski definition) is 5. The van der Waals surface area contributed by atoms with E-state index >= 15 is 0 Å². The van der Waals surface area contributed by atoms with Crippen molar-refractivity contribution < 1.29 is 14.3 Å². The summed E-state index contributed by atoms with van der Waals surface area (Å²) in [4.78, 5) is 23.6. The second-order valence-electron chi connectivity index (χ2n) is 6.65. The summed E-state index contributed by atoms with van der Waals surface area (Å²) in [6, 6.07) is 15.0. The molecule has 0 aliphatic carbocycles. The van der Waals surface area contributed by atoms with E-state index in [1.807, 2.05) is 38.1 Å². The lowest BCUT2D eigenvalue weighted by Crippen LogP contribution is -2.25. The van der Waals surface area contributed by atoms with E-state index in [-0.39, 0.29) is 18.4 Å². The zero-order chi connectivity index (χ0) is 20.8. The summed E-state index contributed by atoms with van der Waals surface area (Å²) >= 11 is 0. The molecule has 2 aromatic carbocycles. The third-order valence-corrected chi connectivity index (χ3v) is 4.34. The Labute approximate surface area is 169 Å². The van der Waals surface area contributed by atoms with E-state index in [2.05, 4.69) is 21.1 Å². The van der Waals surface area contributed by atoms with Crippen molar-refractivity contribution in [2.24, 2.45) is 10.2 Å². The smallest absolute Gasteiger partial charge is 0.277 e. The Bertz CT molecular complexity index is 1000. The lowest BCUT2D eigenvalue weighted by Gasteiger charge is -2.06. The average Bonchev–Trinajstić information content (AvgIpc) is 3.04. The summed E-state index contributed by atoms with van der Waals surface area (Å²) in [5, 5.41) is 7.99. The molecule has 0 saturated carbocycles. The van der Waals surface area contributed by atoms with Gasteiger partial charge in [-0.25, -0.2) is 10.9 Å². The van der Waals surface area contributed by atoms with Crippen LogP contribution in [0.5, 0.6) is 5.75 Å². The molecule has 2 N–H and O–H groups in total. The van der Waals surface area contributed by atoms with Gasteiger partial charge in [0.2, 0.25) is 0 Å². The first-order valence-corrected chi connectivity index (χ1v) is 9.12. The van der Waals surface area contributed by atoms with Gasteiger partial charge in [0, 0.05) is 0 Å². The molecule has 0 radical (unpaired) electrons. The van der Waals surface area contributed by atoms with Crippen LogP contribution < -0.4 is 15.6 Å². The quantitative estimate of drug-likeness (QED) is 0.451. The summed E-state index contributed by atoms with van der Waals surface area (Å²) < 4.78 is 5.48. The number of nitrogens with one attached hydrogen (secondary N) is 2. The van der Waals surface area contributed by atoms with Crippen LogP contribution >= 0.6 is 0 Å². The second-order valence-corrected chi connectivity index (χ2v) is 6.65. The van der Waals surface area contributed by atoms with Gasteiger partial charge in [-0.15, -0.1) is 0 Å². The molecule has 29 heavy (non-hydrogen) atoms. The molecule has 2 aromatic rings. The monoisotopic (exact) mass is 390 g/mol. The van der Waals surface area contributed by atoms with Crippen molar-refractivity contribution in [2.45, 2.75) is 20.8 Å². The molecule has 3 rings (SSSR count). The van der Waals surface area contributed by atoms with E-state index in [4.69, 9.17) is 4.74 Å². The van der Waals surface area contributed by atoms with Gasteiger partial charge in [-0.05, 0) is 50.1 Å². The number of hydrogen-bond donors (Lipinski definition) is 2. The van der Waals surface area contributed by atoms with Gasteiger partial charge in [-0.2, -0.15) is 10.2 Å². The number of amides is 2. The molecule has 0 aromatic heterocycles. The number of aryl methyl sites for hydroxylation is 1. The van der Waals surface area contributed by atoms with Crippen LogP contribution in [0.2, 0.25) is 0 Å². The lowest BCUT2D eigenvalue weighted by molar-refractivity contribution is -0.123. The molecule has 148 valence electrons. The largest absolute Gasteiger partial charge is 0.484 e. The Kier molecular flexibility index (Phi) is 6.19. The van der Waals surface area contributed by atoms with Gasteiger partial charge in [0.05, 0.1) is 17.0 Å². The van der Waals surface area contributed by atoms with Crippen LogP contribution in [0.1, 0.15) is 30.5 Å². The molecular formula is C22H22N4O3. The predicted molar refractivity (Wildman–Crippen MR) is 113 cm³/mol. The molecule has 7 nitrogen and oxygen atoms in total. The van der Waals surface area contributed by atoms with Crippen molar-refractivity contribution in [1.82, 2.24) is 10.9 Å². The van der Waals surface area contributed by atoms with E-state index in [1.54, 1.807) is 37.3 Å². The first-order valence-electron chi connectivity index (χ1n) is 9.12. The van der Waals surface area contributed by atoms with Crippen molar-refractivity contribution in [3.8, 4) is 5.75 Å². The molecule has 7 heteroatoms. The Morgan fingerprint density at radius 1 is 1.14 bits per heavy atom. The van der Waals surface area contributed by atoms with E-state index in [0.717, 1.165) is 16.7 Å². The summed E-state index contributed by atoms with van der Waals surface area (Å²) in [7, 11) is 0. The summed E-state index contributed by atoms with van der Waals surface area (Å²) in [6.07, 6.45) is 1.75. The number of benzene rings is 2. The number of carbonyl (C=O) groups excluding carboxylic acids is 2. The minimum absolute atomic E-state index is 0.153. The normalized spacial score (nSPS) is 15.1. The van der Waals surface area contributed by atoms with Crippen molar-refractivity contribution in [3.05, 3.63) is 70.8 Å². The van der Waals surface area contributed by atoms with E-state index in [0.29, 0.717) is 22.7 Å². The molecule has 1 heterocycles. The number of nitrogens with zero attached hydrogens (tertiary/aromatic N) is 2. The third-order valence-electron chi connectivity index (χ3n) is 4.34. The molecule has 0 fully saturated rings. The Morgan fingerprint density at radius 3 is 2.45 bits per heavy atom. The van der Waals surface area contributed by atoms with Gasteiger partial charge < -0.3 is 4.74 Å². The lowest BCUT2D eigenvalue weighted by atomic mass is 10.1. The maximum absolute atomic E-state index is 12.0. The second kappa shape index (κ2) is 8.97. The molecule has 1 aliphatic heterocycles. The Balaban J connectivity index is 1.52. The predicted octanol–water partition coefficient (Wildman–Crippen LogP) is 2.80. The van der Waals surface area contributed by atoms with Crippen LogP contribution in [-0.4, -0.2) is 29.8 Å². The molecule has 0 bridgehead atoms. The molecule has 0 saturated heterocycles. The maximum atomic E-state index is 12.0. The standard InChI is InChI=1S/C22H22N4O3/c1-14-4-8-18(9-5-14)15(2)23-25-21(27)13-29-19-10-6-17(7-11-19)12-20-16(3)24-26-22(20)28/h4-12H,13H2,1-3H3,(H,25,27)(H,26,28)/b20-12-,23-15+. The number of rotatable bonds is 6. The van der Waals surface area contributed by atoms with Gasteiger partial charge in [0.15, 0.2) is 6.61 Å². The Morgan fingerprint density at radius 2 is 1.83 bits per heavy atom. The molecular weight excluding hydrogens is 368 g/mol. The van der Waals surface area contributed by atoms with Crippen molar-refractivity contribution in [3.63, 3.8) is 0 Å². The van der Waals surface area contributed by atoms with Crippen LogP contribution in [0.15, 0.2) is 64.3 Å². The highest BCUT2D eigenvalue weighted by Gasteiger charge is 2.18. The van der Waals surface area contributed by atoms with E-state index in [9.17, 15) is 9.59 Å². The maximum Gasteiger partial charge on any atom is 0.277 e. The highest BCUT2D eigenvalue weighted by atomic mass is 16.5. The molecule has 0 spiro atoms. The van der Waals surface area contributed by atoms with E-state index < -0.39 is 0 Å². The van der Waals surface area contributed by atoms with Crippen molar-refractivity contribution in [2.75, 3.05) is 6.61 Å². The number of ether oxygens (including phenoxy) is 1. The Hall–Kier alpha value is -3.74. The average molecular weight is 390 g/mol. The molecule has 0 atom stereocenters. The first-order chi connectivity index (χ1) is 13.9. The van der Waals surface area contributed by atoms with Crippen LogP contribution in [-0.2, 0) is 9.59 Å². The minimum Gasteiger partial charge on any atom is -0.484 e. The van der Waals surface area contributed by atoms with Crippen LogP contribution in [0, 0.1) is 6.92 Å². The van der Waals surface area contributed by atoms with Crippen LogP contribution in [0.4, 0.5) is 0 Å². The molecule has 0 unspecified atom stereocenters. The minimum atomic E-state index is -0.350. The topological polar surface area (TPSA) is 92.1 Å². The van der Waals surface area contributed by atoms with Crippen molar-refractivity contribution >= 4 is 29.3 Å². The fourth-order valence-electron chi connectivity index (χ4n) is 2.60. The van der Waals surface area contributed by atoms with E-state index in [1.165, 1.54) is 0 Å².